The van der Waals surface area contributed by atoms with Gasteiger partial charge in [-0.15, -0.1) is 0 Å². The molecule has 0 radical (unpaired) electrons. The summed E-state index contributed by atoms with van der Waals surface area (Å²) in [5.74, 6) is 0.305. The number of fused-ring (bicyclic) bond motifs is 2. The van der Waals surface area contributed by atoms with E-state index in [-0.39, 0.29) is 18.1 Å². The van der Waals surface area contributed by atoms with Gasteiger partial charge in [0.25, 0.3) is 0 Å². The molecule has 4 atom stereocenters. The molecule has 150 valence electrons. The van der Waals surface area contributed by atoms with Crippen molar-refractivity contribution in [1.82, 2.24) is 19.5 Å². The Balaban J connectivity index is 1.44. The second kappa shape index (κ2) is 6.41. The molecule has 2 aliphatic carbocycles. The summed E-state index contributed by atoms with van der Waals surface area (Å²) in [5.41, 5.74) is 7.31. The number of nitrogens with zero attached hydrogens (tertiary/aromatic N) is 4. The first-order valence-electron chi connectivity index (χ1n) is 9.44. The van der Waals surface area contributed by atoms with E-state index in [1.807, 2.05) is 28.8 Å². The lowest BCUT2D eigenvalue weighted by Crippen LogP contribution is -2.25. The molecule has 0 saturated heterocycles. The summed E-state index contributed by atoms with van der Waals surface area (Å²) in [6, 6.07) is 7.48. The number of aliphatic carboxylic acids is 1. The van der Waals surface area contributed by atoms with Crippen LogP contribution in [0.3, 0.4) is 0 Å². The number of carboxylic acids is 1. The van der Waals surface area contributed by atoms with E-state index < -0.39 is 11.4 Å². The largest absolute Gasteiger partial charge is 0.497 e. The summed E-state index contributed by atoms with van der Waals surface area (Å²) in [5, 5.41) is 9.81. The summed E-state index contributed by atoms with van der Waals surface area (Å²) < 4.78 is 13.3. The van der Waals surface area contributed by atoms with Gasteiger partial charge < -0.3 is 24.9 Å². The Bertz CT molecular complexity index is 1080. The fourth-order valence-electron chi connectivity index (χ4n) is 4.63. The number of carbonyl (C=O) groups is 1. The van der Waals surface area contributed by atoms with E-state index in [1.54, 1.807) is 13.4 Å². The number of nitrogen functional groups attached to an aromatic ring is 1. The Morgan fingerprint density at radius 2 is 2.07 bits per heavy atom. The number of imidazole rings is 1. The van der Waals surface area contributed by atoms with Crippen LogP contribution in [0.4, 0.5) is 5.82 Å². The SMILES string of the molecule is COc1ccc(COC2C[C@]3(C(=O)O)CC3[C@H]2n2cnc3c(N)ncnc32)cc1. The van der Waals surface area contributed by atoms with E-state index in [1.165, 1.54) is 6.33 Å². The van der Waals surface area contributed by atoms with Crippen LogP contribution >= 0.6 is 0 Å². The molecule has 0 spiro atoms. The maximum absolute atomic E-state index is 11.9. The molecule has 5 rings (SSSR count). The quantitative estimate of drug-likeness (QED) is 0.649. The number of aromatic nitrogens is 4. The molecule has 9 heteroatoms. The zero-order chi connectivity index (χ0) is 20.2. The van der Waals surface area contributed by atoms with Gasteiger partial charge in [0, 0.05) is 0 Å². The van der Waals surface area contributed by atoms with Crippen LogP contribution in [0.25, 0.3) is 11.2 Å². The van der Waals surface area contributed by atoms with Gasteiger partial charge in [-0.2, -0.15) is 0 Å². The molecule has 9 nitrogen and oxygen atoms in total. The lowest BCUT2D eigenvalue weighted by atomic mass is 10.0. The Morgan fingerprint density at radius 3 is 2.79 bits per heavy atom. The average molecular weight is 395 g/mol. The van der Waals surface area contributed by atoms with Crippen LogP contribution in [-0.4, -0.2) is 43.8 Å². The van der Waals surface area contributed by atoms with Gasteiger partial charge in [-0.3, -0.25) is 4.79 Å². The fraction of sp³-hybridized carbons (Fsp3) is 0.400. The topological polar surface area (TPSA) is 125 Å². The first-order chi connectivity index (χ1) is 14.0. The van der Waals surface area contributed by atoms with E-state index in [0.29, 0.717) is 36.4 Å². The van der Waals surface area contributed by atoms with E-state index in [2.05, 4.69) is 15.0 Å². The molecule has 3 N–H and O–H groups in total. The van der Waals surface area contributed by atoms with Crippen molar-refractivity contribution in [3.8, 4) is 5.75 Å². The number of benzene rings is 1. The van der Waals surface area contributed by atoms with E-state index in [4.69, 9.17) is 15.2 Å². The van der Waals surface area contributed by atoms with E-state index in [9.17, 15) is 9.90 Å². The molecular formula is C20H21N5O4. The first-order valence-corrected chi connectivity index (χ1v) is 9.44. The number of anilines is 1. The minimum atomic E-state index is -0.762. The predicted octanol–water partition coefficient (Wildman–Crippen LogP) is 2.04. The molecule has 1 aromatic carbocycles. The minimum Gasteiger partial charge on any atom is -0.497 e. The highest BCUT2D eigenvalue weighted by atomic mass is 16.5. The van der Waals surface area contributed by atoms with Crippen LogP contribution in [-0.2, 0) is 16.1 Å². The monoisotopic (exact) mass is 395 g/mol. The Hall–Kier alpha value is -3.20. The van der Waals surface area contributed by atoms with Gasteiger partial charge in [-0.25, -0.2) is 15.0 Å². The van der Waals surface area contributed by atoms with E-state index in [0.717, 1.165) is 11.3 Å². The number of carboxylic acid groups (broad SMARTS) is 1. The molecule has 0 bridgehead atoms. The molecule has 0 aliphatic heterocycles. The first kappa shape index (κ1) is 17.9. The zero-order valence-electron chi connectivity index (χ0n) is 15.9. The molecule has 2 aliphatic rings. The highest BCUT2D eigenvalue weighted by molar-refractivity contribution is 5.82. The molecule has 29 heavy (non-hydrogen) atoms. The highest BCUT2D eigenvalue weighted by Gasteiger charge is 2.71. The number of hydrogen-bond acceptors (Lipinski definition) is 7. The third kappa shape index (κ3) is 2.72. The normalized spacial score (nSPS) is 27.7. The van der Waals surface area contributed by atoms with Crippen LogP contribution in [0.15, 0.2) is 36.9 Å². The van der Waals surface area contributed by atoms with Gasteiger partial charge in [0.15, 0.2) is 11.5 Å². The molecule has 2 aromatic heterocycles. The Labute approximate surface area is 166 Å². The summed E-state index contributed by atoms with van der Waals surface area (Å²) in [6.07, 6.45) is 3.90. The molecule has 2 saturated carbocycles. The number of nitrogens with two attached hydrogens (primary N) is 1. The smallest absolute Gasteiger partial charge is 0.310 e. The zero-order valence-corrected chi connectivity index (χ0v) is 15.9. The van der Waals surface area contributed by atoms with Gasteiger partial charge in [0.1, 0.15) is 17.6 Å². The number of methoxy groups -OCH3 is 1. The van der Waals surface area contributed by atoms with Gasteiger partial charge in [-0.05, 0) is 36.5 Å². The maximum Gasteiger partial charge on any atom is 0.310 e. The number of hydrogen-bond donors (Lipinski definition) is 2. The van der Waals surface area contributed by atoms with Crippen molar-refractivity contribution >= 4 is 23.0 Å². The van der Waals surface area contributed by atoms with Crippen molar-refractivity contribution < 1.29 is 19.4 Å². The van der Waals surface area contributed by atoms with Crippen molar-refractivity contribution in [2.45, 2.75) is 31.6 Å². The summed E-state index contributed by atoms with van der Waals surface area (Å²) >= 11 is 0. The third-order valence-electron chi connectivity index (χ3n) is 6.25. The standard InChI is InChI=1S/C20H21N5O4/c1-28-12-4-2-11(3-5-12)8-29-14-7-20(19(26)27)6-13(20)16(14)25-10-24-15-17(21)22-9-23-18(15)25/h2-5,9-10,13-14,16H,6-8H2,1H3,(H,26,27)(H2,21,22,23)/t13?,14?,16-,20-/m1/s1. The predicted molar refractivity (Wildman–Crippen MR) is 103 cm³/mol. The van der Waals surface area contributed by atoms with Crippen molar-refractivity contribution in [1.29, 1.82) is 0 Å². The maximum atomic E-state index is 11.9. The Kier molecular flexibility index (Phi) is 3.95. The number of rotatable bonds is 6. The van der Waals surface area contributed by atoms with Gasteiger partial charge in [-0.1, -0.05) is 12.1 Å². The van der Waals surface area contributed by atoms with Gasteiger partial charge >= 0.3 is 5.97 Å². The van der Waals surface area contributed by atoms with Crippen molar-refractivity contribution in [3.63, 3.8) is 0 Å². The second-order valence-corrected chi connectivity index (χ2v) is 7.75. The molecule has 0 amide bonds. The van der Waals surface area contributed by atoms with Crippen LogP contribution in [0, 0.1) is 11.3 Å². The molecule has 2 heterocycles. The van der Waals surface area contributed by atoms with Crippen molar-refractivity contribution in [2.75, 3.05) is 12.8 Å². The van der Waals surface area contributed by atoms with Crippen molar-refractivity contribution in [2.24, 2.45) is 11.3 Å². The van der Waals surface area contributed by atoms with Crippen LogP contribution in [0.2, 0.25) is 0 Å². The minimum absolute atomic E-state index is 0.0190. The summed E-state index contributed by atoms with van der Waals surface area (Å²) in [6.45, 7) is 0.386. The highest BCUT2D eigenvalue weighted by Crippen LogP contribution is 2.68. The van der Waals surface area contributed by atoms with Gasteiger partial charge in [0.05, 0.1) is 37.6 Å². The summed E-state index contributed by atoms with van der Waals surface area (Å²) in [4.78, 5) is 24.6. The molecule has 3 aromatic rings. The average Bonchev–Trinajstić information content (AvgIpc) is 3.13. The number of ether oxygens (including phenoxy) is 2. The third-order valence-corrected chi connectivity index (χ3v) is 6.25. The van der Waals surface area contributed by atoms with Crippen molar-refractivity contribution in [3.05, 3.63) is 42.5 Å². The van der Waals surface area contributed by atoms with Gasteiger partial charge in [0.2, 0.25) is 0 Å². The van der Waals surface area contributed by atoms with Crippen LogP contribution in [0.5, 0.6) is 5.75 Å². The second-order valence-electron chi connectivity index (χ2n) is 7.75. The molecule has 2 fully saturated rings. The lowest BCUT2D eigenvalue weighted by molar-refractivity contribution is -0.144. The Morgan fingerprint density at radius 1 is 1.28 bits per heavy atom. The lowest BCUT2D eigenvalue weighted by Gasteiger charge is -2.24. The van der Waals surface area contributed by atoms with E-state index >= 15 is 0 Å². The fourth-order valence-corrected chi connectivity index (χ4v) is 4.63. The molecule has 2 unspecified atom stereocenters. The molecular weight excluding hydrogens is 374 g/mol. The van der Waals surface area contributed by atoms with Crippen LogP contribution in [0.1, 0.15) is 24.4 Å². The van der Waals surface area contributed by atoms with Crippen LogP contribution < -0.4 is 10.5 Å². The summed E-state index contributed by atoms with van der Waals surface area (Å²) in [7, 11) is 1.62.